The summed E-state index contributed by atoms with van der Waals surface area (Å²) in [6, 6.07) is 0. The molecule has 6 nitrogen and oxygen atoms in total. The summed E-state index contributed by atoms with van der Waals surface area (Å²) in [6.07, 6.45) is 6.59. The lowest BCUT2D eigenvalue weighted by Gasteiger charge is -2.32. The number of nitrogens with one attached hydrogen (secondary N) is 1. The van der Waals surface area contributed by atoms with Crippen molar-refractivity contribution in [2.45, 2.75) is 45.1 Å². The number of H-pyrrole nitrogens is 1. The van der Waals surface area contributed by atoms with Crippen LogP contribution in [0.2, 0.25) is 0 Å². The first-order valence-electron chi connectivity index (χ1n) is 7.86. The van der Waals surface area contributed by atoms with Gasteiger partial charge in [0.1, 0.15) is 5.82 Å². The summed E-state index contributed by atoms with van der Waals surface area (Å²) in [7, 11) is 0. The standard InChI is InChI=1S/C15H21N5O/c1-10-13(9-16-17-10)15-19-18-14-12(3-2-6-20(14)15)11-4-7-21-8-5-11/h9,11-12H,2-8H2,1H3,(H,16,17). The Balaban J connectivity index is 1.70. The molecule has 4 heterocycles. The molecule has 0 amide bonds. The minimum atomic E-state index is 0.538. The van der Waals surface area contributed by atoms with Crippen LogP contribution in [-0.2, 0) is 11.3 Å². The van der Waals surface area contributed by atoms with Crippen LogP contribution < -0.4 is 0 Å². The van der Waals surface area contributed by atoms with E-state index in [0.29, 0.717) is 11.8 Å². The van der Waals surface area contributed by atoms with Crippen molar-refractivity contribution >= 4 is 0 Å². The lowest BCUT2D eigenvalue weighted by atomic mass is 9.81. The third kappa shape index (κ3) is 2.18. The molecule has 0 saturated carbocycles. The Morgan fingerprint density at radius 3 is 2.86 bits per heavy atom. The van der Waals surface area contributed by atoms with Crippen LogP contribution in [-0.4, -0.2) is 38.2 Å². The van der Waals surface area contributed by atoms with E-state index < -0.39 is 0 Å². The molecule has 0 bridgehead atoms. The Hall–Kier alpha value is -1.69. The molecule has 0 radical (unpaired) electrons. The number of aromatic amines is 1. The van der Waals surface area contributed by atoms with Gasteiger partial charge in [-0.25, -0.2) is 0 Å². The molecule has 112 valence electrons. The highest BCUT2D eigenvalue weighted by atomic mass is 16.5. The van der Waals surface area contributed by atoms with E-state index in [0.717, 1.165) is 49.7 Å². The third-order valence-corrected chi connectivity index (χ3v) is 4.91. The molecule has 2 aliphatic rings. The van der Waals surface area contributed by atoms with Gasteiger partial charge in [0, 0.05) is 31.4 Å². The van der Waals surface area contributed by atoms with Crippen LogP contribution in [0.3, 0.4) is 0 Å². The SMILES string of the molecule is Cc1[nH]ncc1-c1nnc2n1CCCC2C1CCOCC1. The van der Waals surface area contributed by atoms with Gasteiger partial charge in [0.05, 0.1) is 11.8 Å². The topological polar surface area (TPSA) is 68.6 Å². The molecule has 6 heteroatoms. The Morgan fingerprint density at radius 2 is 2.10 bits per heavy atom. The molecule has 1 unspecified atom stereocenters. The van der Waals surface area contributed by atoms with Crippen molar-refractivity contribution in [1.29, 1.82) is 0 Å². The van der Waals surface area contributed by atoms with Crippen molar-refractivity contribution < 1.29 is 4.74 Å². The number of nitrogens with zero attached hydrogens (tertiary/aromatic N) is 4. The maximum Gasteiger partial charge on any atom is 0.167 e. The number of aryl methyl sites for hydroxylation is 1. The first-order valence-corrected chi connectivity index (χ1v) is 7.86. The molecule has 1 N–H and O–H groups in total. The van der Waals surface area contributed by atoms with Crippen LogP contribution in [0.15, 0.2) is 6.20 Å². The summed E-state index contributed by atoms with van der Waals surface area (Å²) < 4.78 is 7.81. The predicted octanol–water partition coefficient (Wildman–Crippen LogP) is 2.28. The second-order valence-corrected chi connectivity index (χ2v) is 6.14. The van der Waals surface area contributed by atoms with E-state index in [1.54, 1.807) is 0 Å². The van der Waals surface area contributed by atoms with Crippen LogP contribution in [0.25, 0.3) is 11.4 Å². The molecule has 0 spiro atoms. The predicted molar refractivity (Wildman–Crippen MR) is 77.9 cm³/mol. The largest absolute Gasteiger partial charge is 0.381 e. The maximum atomic E-state index is 5.50. The van der Waals surface area contributed by atoms with Gasteiger partial charge in [0.25, 0.3) is 0 Å². The molecule has 2 aliphatic heterocycles. The van der Waals surface area contributed by atoms with Crippen LogP contribution in [0.1, 0.15) is 43.1 Å². The Bertz CT molecular complexity index is 626. The van der Waals surface area contributed by atoms with Crippen LogP contribution in [0.4, 0.5) is 0 Å². The van der Waals surface area contributed by atoms with Gasteiger partial charge in [-0.1, -0.05) is 0 Å². The highest BCUT2D eigenvalue weighted by Gasteiger charge is 2.33. The number of hydrogen-bond acceptors (Lipinski definition) is 4. The van der Waals surface area contributed by atoms with Gasteiger partial charge in [0.2, 0.25) is 0 Å². The lowest BCUT2D eigenvalue weighted by molar-refractivity contribution is 0.0534. The Kier molecular flexibility index (Phi) is 3.25. The van der Waals surface area contributed by atoms with Crippen molar-refractivity contribution in [2.75, 3.05) is 13.2 Å². The van der Waals surface area contributed by atoms with Crippen molar-refractivity contribution in [1.82, 2.24) is 25.0 Å². The van der Waals surface area contributed by atoms with Crippen molar-refractivity contribution in [3.63, 3.8) is 0 Å². The number of ether oxygens (including phenoxy) is 1. The van der Waals surface area contributed by atoms with Gasteiger partial charge in [-0.15, -0.1) is 10.2 Å². The Labute approximate surface area is 123 Å². The molecule has 2 aromatic rings. The summed E-state index contributed by atoms with van der Waals surface area (Å²) in [4.78, 5) is 0. The second kappa shape index (κ2) is 5.26. The fraction of sp³-hybridized carbons (Fsp3) is 0.667. The van der Waals surface area contributed by atoms with E-state index in [1.165, 1.54) is 18.7 Å². The van der Waals surface area contributed by atoms with E-state index in [2.05, 4.69) is 25.0 Å². The zero-order valence-corrected chi connectivity index (χ0v) is 12.4. The lowest BCUT2D eigenvalue weighted by Crippen LogP contribution is -2.27. The van der Waals surface area contributed by atoms with Crippen LogP contribution >= 0.6 is 0 Å². The zero-order valence-electron chi connectivity index (χ0n) is 12.4. The van der Waals surface area contributed by atoms with Crippen LogP contribution in [0.5, 0.6) is 0 Å². The molecule has 1 saturated heterocycles. The minimum absolute atomic E-state index is 0.538. The first kappa shape index (κ1) is 13.0. The molecular formula is C15H21N5O. The van der Waals surface area contributed by atoms with Gasteiger partial charge < -0.3 is 9.30 Å². The van der Waals surface area contributed by atoms with Crippen molar-refractivity contribution in [3.05, 3.63) is 17.7 Å². The van der Waals surface area contributed by atoms with Gasteiger partial charge >= 0.3 is 0 Å². The fourth-order valence-electron chi connectivity index (χ4n) is 3.75. The summed E-state index contributed by atoms with van der Waals surface area (Å²) in [5.41, 5.74) is 2.12. The smallest absolute Gasteiger partial charge is 0.167 e. The average Bonchev–Trinajstić information content (AvgIpc) is 3.13. The Morgan fingerprint density at radius 1 is 1.24 bits per heavy atom. The van der Waals surface area contributed by atoms with Gasteiger partial charge in [-0.3, -0.25) is 5.10 Å². The quantitative estimate of drug-likeness (QED) is 0.920. The summed E-state index contributed by atoms with van der Waals surface area (Å²) in [5, 5.41) is 16.1. The van der Waals surface area contributed by atoms with Gasteiger partial charge in [-0.05, 0) is 38.5 Å². The molecule has 1 fully saturated rings. The molecule has 2 aromatic heterocycles. The molecule has 4 rings (SSSR count). The van der Waals surface area contributed by atoms with Gasteiger partial charge in [0.15, 0.2) is 5.82 Å². The highest BCUT2D eigenvalue weighted by molar-refractivity contribution is 5.57. The normalized spacial score (nSPS) is 23.2. The van der Waals surface area contributed by atoms with E-state index in [1.807, 2.05) is 13.1 Å². The molecule has 0 aliphatic carbocycles. The van der Waals surface area contributed by atoms with E-state index >= 15 is 0 Å². The number of rotatable bonds is 2. The number of aromatic nitrogens is 5. The summed E-state index contributed by atoms with van der Waals surface area (Å²) >= 11 is 0. The minimum Gasteiger partial charge on any atom is -0.381 e. The third-order valence-electron chi connectivity index (χ3n) is 4.91. The zero-order chi connectivity index (χ0) is 14.2. The number of hydrogen-bond donors (Lipinski definition) is 1. The van der Waals surface area contributed by atoms with Crippen LogP contribution in [0, 0.1) is 12.8 Å². The van der Waals surface area contributed by atoms with Gasteiger partial charge in [-0.2, -0.15) is 5.10 Å². The maximum absolute atomic E-state index is 5.50. The molecule has 0 aromatic carbocycles. The summed E-state index contributed by atoms with van der Waals surface area (Å²) in [5.74, 6) is 3.37. The second-order valence-electron chi connectivity index (χ2n) is 6.14. The monoisotopic (exact) mass is 287 g/mol. The van der Waals surface area contributed by atoms with E-state index in [4.69, 9.17) is 4.74 Å². The molecular weight excluding hydrogens is 266 g/mol. The van der Waals surface area contributed by atoms with Crippen molar-refractivity contribution in [2.24, 2.45) is 5.92 Å². The average molecular weight is 287 g/mol. The number of fused-ring (bicyclic) bond motifs is 1. The molecule has 1 atom stereocenters. The fourth-order valence-corrected chi connectivity index (χ4v) is 3.75. The first-order chi connectivity index (χ1) is 10.3. The summed E-state index contributed by atoms with van der Waals surface area (Å²) in [6.45, 7) is 4.83. The van der Waals surface area contributed by atoms with Crippen molar-refractivity contribution in [3.8, 4) is 11.4 Å². The van der Waals surface area contributed by atoms with E-state index in [-0.39, 0.29) is 0 Å². The molecule has 21 heavy (non-hydrogen) atoms. The van der Waals surface area contributed by atoms with E-state index in [9.17, 15) is 0 Å². The highest BCUT2D eigenvalue weighted by Crippen LogP contribution is 2.39.